The van der Waals surface area contributed by atoms with Gasteiger partial charge in [-0.1, -0.05) is 18.2 Å². The van der Waals surface area contributed by atoms with Crippen LogP contribution in [0.15, 0.2) is 39.5 Å². The molecule has 6 nitrogen and oxygen atoms in total. The summed E-state index contributed by atoms with van der Waals surface area (Å²) in [5.74, 6) is 5.94. The molecule has 0 saturated heterocycles. The number of aromatic amines is 1. The van der Waals surface area contributed by atoms with Crippen LogP contribution in [0.2, 0.25) is 0 Å². The Morgan fingerprint density at radius 1 is 1.39 bits per heavy atom. The number of fused-ring (bicyclic) bond motifs is 1. The van der Waals surface area contributed by atoms with Gasteiger partial charge in [-0.3, -0.25) is 0 Å². The van der Waals surface area contributed by atoms with Crippen molar-refractivity contribution in [2.45, 2.75) is 0 Å². The number of nitrogen functional groups attached to an aromatic ring is 1. The number of hydrogen-bond acceptors (Lipinski definition) is 5. The molecule has 3 rings (SSSR count). The van der Waals surface area contributed by atoms with Crippen molar-refractivity contribution in [3.63, 3.8) is 0 Å². The normalized spacial score (nSPS) is 10.9. The van der Waals surface area contributed by atoms with Crippen molar-refractivity contribution in [3.05, 3.63) is 45.5 Å². The summed E-state index contributed by atoms with van der Waals surface area (Å²) in [7, 11) is 0. The van der Waals surface area contributed by atoms with E-state index in [-0.39, 0.29) is 16.2 Å². The Hall–Kier alpha value is -2.41. The van der Waals surface area contributed by atoms with Gasteiger partial charge in [0.1, 0.15) is 11.1 Å². The van der Waals surface area contributed by atoms with Crippen molar-refractivity contribution in [2.75, 3.05) is 5.84 Å². The zero-order valence-corrected chi connectivity index (χ0v) is 9.90. The van der Waals surface area contributed by atoms with E-state index in [1.807, 2.05) is 12.1 Å². The lowest BCUT2D eigenvalue weighted by Gasteiger charge is -2.01. The summed E-state index contributed by atoms with van der Waals surface area (Å²) in [4.78, 5) is 11.9. The van der Waals surface area contributed by atoms with Gasteiger partial charge in [0.2, 0.25) is 4.77 Å². The smallest absolute Gasteiger partial charge is 0.347 e. The Morgan fingerprint density at radius 3 is 2.89 bits per heavy atom. The zero-order valence-electron chi connectivity index (χ0n) is 9.08. The summed E-state index contributed by atoms with van der Waals surface area (Å²) >= 11 is 4.90. The minimum Gasteiger partial charge on any atom is -0.422 e. The topological polar surface area (TPSA) is 89.8 Å². The monoisotopic (exact) mass is 260 g/mol. The molecule has 0 aliphatic carbocycles. The van der Waals surface area contributed by atoms with Gasteiger partial charge in [0.15, 0.2) is 5.82 Å². The average molecular weight is 260 g/mol. The van der Waals surface area contributed by atoms with E-state index in [1.165, 1.54) is 0 Å². The van der Waals surface area contributed by atoms with E-state index >= 15 is 0 Å². The Labute approximate surface area is 106 Å². The first kappa shape index (κ1) is 10.7. The fourth-order valence-corrected chi connectivity index (χ4v) is 1.84. The Balaban J connectivity index is 2.36. The van der Waals surface area contributed by atoms with Gasteiger partial charge in [0.05, 0.1) is 0 Å². The quantitative estimate of drug-likeness (QED) is 0.392. The molecule has 0 bridgehead atoms. The molecule has 3 N–H and O–H groups in total. The number of H-pyrrole nitrogens is 1. The molecular formula is C11H8N4O2S. The van der Waals surface area contributed by atoms with Gasteiger partial charge in [0, 0.05) is 5.39 Å². The highest BCUT2D eigenvalue weighted by Gasteiger charge is 2.13. The number of rotatable bonds is 1. The van der Waals surface area contributed by atoms with Crippen LogP contribution in [0, 0.1) is 4.77 Å². The first-order chi connectivity index (χ1) is 8.66. The minimum absolute atomic E-state index is 0.234. The molecule has 0 atom stereocenters. The van der Waals surface area contributed by atoms with Crippen LogP contribution in [0.1, 0.15) is 0 Å². The summed E-state index contributed by atoms with van der Waals surface area (Å²) in [5.41, 5.74) is 0.280. The molecule has 0 spiro atoms. The predicted molar refractivity (Wildman–Crippen MR) is 69.0 cm³/mol. The molecular weight excluding hydrogens is 252 g/mol. The maximum Gasteiger partial charge on any atom is 0.347 e. The van der Waals surface area contributed by atoms with E-state index in [1.54, 1.807) is 18.2 Å². The second-order valence-electron chi connectivity index (χ2n) is 3.71. The zero-order chi connectivity index (χ0) is 12.7. The molecule has 0 unspecified atom stereocenters. The number of benzene rings is 1. The second kappa shape index (κ2) is 3.81. The van der Waals surface area contributed by atoms with Gasteiger partial charge in [-0.05, 0) is 24.4 Å². The number of hydrogen-bond donors (Lipinski definition) is 2. The third-order valence-electron chi connectivity index (χ3n) is 2.59. The second-order valence-corrected chi connectivity index (χ2v) is 4.09. The first-order valence-electron chi connectivity index (χ1n) is 5.12. The average Bonchev–Trinajstić information content (AvgIpc) is 2.69. The SMILES string of the molecule is Nn1c(-c2cc3ccccc3oc2=O)n[nH]c1=S. The molecule has 0 amide bonds. The third kappa shape index (κ3) is 1.52. The van der Waals surface area contributed by atoms with E-state index < -0.39 is 5.63 Å². The Bertz CT molecular complexity index is 846. The number of aromatic nitrogens is 3. The molecule has 7 heteroatoms. The molecule has 0 fully saturated rings. The van der Waals surface area contributed by atoms with E-state index in [9.17, 15) is 4.79 Å². The summed E-state index contributed by atoms with van der Waals surface area (Å²) in [6.07, 6.45) is 0. The van der Waals surface area contributed by atoms with E-state index in [4.69, 9.17) is 22.5 Å². The summed E-state index contributed by atoms with van der Waals surface area (Å²) in [6, 6.07) is 8.88. The largest absolute Gasteiger partial charge is 0.422 e. The van der Waals surface area contributed by atoms with Crippen LogP contribution >= 0.6 is 12.2 Å². The molecule has 0 aliphatic heterocycles. The fraction of sp³-hybridized carbons (Fsp3) is 0. The summed E-state index contributed by atoms with van der Waals surface area (Å²) in [6.45, 7) is 0. The minimum atomic E-state index is -0.505. The molecule has 3 aromatic rings. The highest BCUT2D eigenvalue weighted by atomic mass is 32.1. The fourth-order valence-electron chi connectivity index (χ4n) is 1.71. The molecule has 18 heavy (non-hydrogen) atoms. The molecule has 2 aromatic heterocycles. The van der Waals surface area contributed by atoms with Gasteiger partial charge in [-0.25, -0.2) is 14.6 Å². The maximum absolute atomic E-state index is 11.9. The van der Waals surface area contributed by atoms with Gasteiger partial charge in [-0.2, -0.15) is 5.10 Å². The number of nitrogens with one attached hydrogen (secondary N) is 1. The lowest BCUT2D eigenvalue weighted by molar-refractivity contribution is 0.562. The van der Waals surface area contributed by atoms with Crippen LogP contribution in [0.3, 0.4) is 0 Å². The summed E-state index contributed by atoms with van der Waals surface area (Å²) < 4.78 is 6.57. The van der Waals surface area contributed by atoms with E-state index in [0.717, 1.165) is 10.1 Å². The van der Waals surface area contributed by atoms with Crippen LogP contribution in [-0.4, -0.2) is 14.9 Å². The lowest BCUT2D eigenvalue weighted by Crippen LogP contribution is -2.14. The van der Waals surface area contributed by atoms with Crippen LogP contribution in [0.5, 0.6) is 0 Å². The van der Waals surface area contributed by atoms with Crippen molar-refractivity contribution in [1.29, 1.82) is 0 Å². The van der Waals surface area contributed by atoms with Gasteiger partial charge in [0.25, 0.3) is 0 Å². The standard InChI is InChI=1S/C11H8N4O2S/c12-15-9(13-14-11(15)18)7-5-6-3-1-2-4-8(6)17-10(7)16/h1-5H,12H2,(H,14,18). The maximum atomic E-state index is 11.9. The lowest BCUT2D eigenvalue weighted by atomic mass is 10.2. The van der Waals surface area contributed by atoms with Gasteiger partial charge >= 0.3 is 5.63 Å². The first-order valence-corrected chi connectivity index (χ1v) is 5.53. The van der Waals surface area contributed by atoms with Crippen molar-refractivity contribution < 1.29 is 4.42 Å². The van der Waals surface area contributed by atoms with Crippen molar-refractivity contribution in [1.82, 2.24) is 14.9 Å². The predicted octanol–water partition coefficient (Wildman–Crippen LogP) is 1.43. The van der Waals surface area contributed by atoms with E-state index in [0.29, 0.717) is 5.58 Å². The summed E-state index contributed by atoms with van der Waals surface area (Å²) in [5, 5.41) is 7.23. The Kier molecular flexibility index (Phi) is 2.27. The number of nitrogens with two attached hydrogens (primary N) is 1. The van der Waals surface area contributed by atoms with E-state index in [2.05, 4.69) is 10.2 Å². The number of para-hydroxylation sites is 1. The number of nitrogens with zero attached hydrogens (tertiary/aromatic N) is 2. The highest BCUT2D eigenvalue weighted by molar-refractivity contribution is 7.71. The van der Waals surface area contributed by atoms with Gasteiger partial charge in [-0.15, -0.1) is 0 Å². The molecule has 1 aromatic carbocycles. The van der Waals surface area contributed by atoms with Crippen LogP contribution < -0.4 is 11.5 Å². The van der Waals surface area contributed by atoms with Crippen molar-refractivity contribution in [2.24, 2.45) is 0 Å². The van der Waals surface area contributed by atoms with Crippen LogP contribution in [-0.2, 0) is 0 Å². The molecule has 0 radical (unpaired) electrons. The Morgan fingerprint density at radius 2 is 2.17 bits per heavy atom. The molecule has 0 aliphatic rings. The van der Waals surface area contributed by atoms with Crippen molar-refractivity contribution in [3.8, 4) is 11.4 Å². The van der Waals surface area contributed by atoms with Crippen LogP contribution in [0.4, 0.5) is 0 Å². The molecule has 2 heterocycles. The van der Waals surface area contributed by atoms with Crippen LogP contribution in [0.25, 0.3) is 22.4 Å². The van der Waals surface area contributed by atoms with Gasteiger partial charge < -0.3 is 10.3 Å². The molecule has 90 valence electrons. The third-order valence-corrected chi connectivity index (χ3v) is 2.87. The highest BCUT2D eigenvalue weighted by Crippen LogP contribution is 2.18. The molecule has 0 saturated carbocycles. The van der Waals surface area contributed by atoms with Crippen molar-refractivity contribution >= 4 is 23.2 Å².